The molecule has 0 fully saturated rings. The molecule has 5 nitrogen and oxygen atoms in total. The van der Waals surface area contributed by atoms with Crippen molar-refractivity contribution in [3.8, 4) is 0 Å². The number of hydrogen-bond acceptors (Lipinski definition) is 3. The predicted octanol–water partition coefficient (Wildman–Crippen LogP) is 0.926. The summed E-state index contributed by atoms with van der Waals surface area (Å²) in [5.74, 6) is 0.555. The van der Waals surface area contributed by atoms with Crippen LogP contribution in [0.25, 0.3) is 0 Å². The fraction of sp³-hybridized carbons (Fsp3) is 0.300. The molecule has 0 aliphatic heterocycles. The van der Waals surface area contributed by atoms with E-state index in [0.717, 1.165) is 0 Å². The van der Waals surface area contributed by atoms with E-state index in [-0.39, 0.29) is 5.56 Å². The molecule has 0 aliphatic rings. The molecular formula is C10H14N4OS2. The summed E-state index contributed by atoms with van der Waals surface area (Å²) in [6.45, 7) is 4.13. The van der Waals surface area contributed by atoms with Gasteiger partial charge in [0.2, 0.25) is 0 Å². The fourth-order valence-corrected chi connectivity index (χ4v) is 1.55. The lowest BCUT2D eigenvalue weighted by atomic mass is 10.5. The Bertz CT molecular complexity index is 558. The van der Waals surface area contributed by atoms with Gasteiger partial charge in [-0.05, 0) is 24.4 Å². The standard InChI is InChI=1S/C10H14N4OS2/c1-4-5-11-9(16)12-7-6-8(15)14(3)10(17)13(7)2/h4,6H,1,5H2,2-3H3,(H2,11,12,16). The second-order valence-corrected chi connectivity index (χ2v) is 4.17. The summed E-state index contributed by atoms with van der Waals surface area (Å²) in [4.78, 5) is 11.6. The predicted molar refractivity (Wildman–Crippen MR) is 75.9 cm³/mol. The van der Waals surface area contributed by atoms with Crippen molar-refractivity contribution in [3.05, 3.63) is 33.8 Å². The number of anilines is 1. The maximum Gasteiger partial charge on any atom is 0.256 e. The number of aromatic nitrogens is 2. The third-order valence-electron chi connectivity index (χ3n) is 2.17. The van der Waals surface area contributed by atoms with E-state index in [1.54, 1.807) is 24.7 Å². The topological polar surface area (TPSA) is 51.0 Å². The summed E-state index contributed by atoms with van der Waals surface area (Å²) < 4.78 is 3.49. The maximum atomic E-state index is 11.6. The van der Waals surface area contributed by atoms with Gasteiger partial charge in [0.05, 0.1) is 0 Å². The van der Waals surface area contributed by atoms with Gasteiger partial charge in [-0.25, -0.2) is 0 Å². The molecule has 1 aromatic rings. The van der Waals surface area contributed by atoms with Crippen molar-refractivity contribution in [2.24, 2.45) is 14.1 Å². The van der Waals surface area contributed by atoms with Crippen LogP contribution < -0.4 is 16.2 Å². The van der Waals surface area contributed by atoms with Gasteiger partial charge in [0.1, 0.15) is 5.82 Å². The van der Waals surface area contributed by atoms with Gasteiger partial charge in [-0.1, -0.05) is 6.08 Å². The molecule has 0 radical (unpaired) electrons. The van der Waals surface area contributed by atoms with Crippen LogP contribution in [0.4, 0.5) is 5.82 Å². The van der Waals surface area contributed by atoms with Gasteiger partial charge in [0, 0.05) is 26.7 Å². The number of hydrogen-bond donors (Lipinski definition) is 2. The third kappa shape index (κ3) is 3.24. The van der Waals surface area contributed by atoms with Crippen LogP contribution in [0.1, 0.15) is 0 Å². The molecule has 0 unspecified atom stereocenters. The van der Waals surface area contributed by atoms with Crippen LogP contribution in [0.2, 0.25) is 0 Å². The van der Waals surface area contributed by atoms with Crippen LogP contribution in [0, 0.1) is 4.77 Å². The SMILES string of the molecule is C=CCNC(=S)Nc1cc(=O)n(C)c(=S)n1C. The van der Waals surface area contributed by atoms with Gasteiger partial charge >= 0.3 is 0 Å². The lowest BCUT2D eigenvalue weighted by Gasteiger charge is -2.14. The van der Waals surface area contributed by atoms with E-state index in [2.05, 4.69) is 17.2 Å². The summed E-state index contributed by atoms with van der Waals surface area (Å²) in [5, 5.41) is 6.24. The number of nitrogens with zero attached hydrogens (tertiary/aromatic N) is 2. The van der Waals surface area contributed by atoms with Crippen molar-refractivity contribution in [1.82, 2.24) is 14.5 Å². The zero-order chi connectivity index (χ0) is 13.0. The van der Waals surface area contributed by atoms with E-state index in [1.165, 1.54) is 10.6 Å². The Morgan fingerprint density at radius 1 is 1.53 bits per heavy atom. The Morgan fingerprint density at radius 2 is 2.18 bits per heavy atom. The van der Waals surface area contributed by atoms with Gasteiger partial charge in [0.15, 0.2) is 9.88 Å². The monoisotopic (exact) mass is 270 g/mol. The highest BCUT2D eigenvalue weighted by molar-refractivity contribution is 7.80. The Kier molecular flexibility index (Phi) is 4.59. The smallest absolute Gasteiger partial charge is 0.256 e. The summed E-state index contributed by atoms with van der Waals surface area (Å²) in [6.07, 6.45) is 1.69. The molecule has 1 aromatic heterocycles. The average molecular weight is 270 g/mol. The third-order valence-corrected chi connectivity index (χ3v) is 2.97. The summed E-state index contributed by atoms with van der Waals surface area (Å²) in [6, 6.07) is 1.44. The molecule has 2 N–H and O–H groups in total. The van der Waals surface area contributed by atoms with Crippen molar-refractivity contribution in [1.29, 1.82) is 0 Å². The second kappa shape index (κ2) is 5.74. The molecule has 0 bridgehead atoms. The van der Waals surface area contributed by atoms with E-state index in [4.69, 9.17) is 24.4 Å². The van der Waals surface area contributed by atoms with Crippen LogP contribution >= 0.6 is 24.4 Å². The highest BCUT2D eigenvalue weighted by atomic mass is 32.1. The first-order valence-corrected chi connectivity index (χ1v) is 5.72. The molecule has 0 aliphatic carbocycles. The minimum Gasteiger partial charge on any atom is -0.359 e. The van der Waals surface area contributed by atoms with Crippen molar-refractivity contribution in [3.63, 3.8) is 0 Å². The zero-order valence-electron chi connectivity index (χ0n) is 9.69. The molecular weight excluding hydrogens is 256 g/mol. The molecule has 7 heteroatoms. The highest BCUT2D eigenvalue weighted by Crippen LogP contribution is 2.02. The average Bonchev–Trinajstić information content (AvgIpc) is 2.30. The lowest BCUT2D eigenvalue weighted by molar-refractivity contribution is 0.725. The minimum absolute atomic E-state index is 0.179. The van der Waals surface area contributed by atoms with Crippen molar-refractivity contribution >= 4 is 35.4 Å². The quantitative estimate of drug-likeness (QED) is 0.632. The second-order valence-electron chi connectivity index (χ2n) is 3.39. The number of nitrogens with one attached hydrogen (secondary N) is 2. The van der Waals surface area contributed by atoms with Gasteiger partial charge in [-0.2, -0.15) is 0 Å². The van der Waals surface area contributed by atoms with Gasteiger partial charge in [-0.15, -0.1) is 6.58 Å². The molecule has 0 atom stereocenters. The fourth-order valence-electron chi connectivity index (χ4n) is 1.18. The van der Waals surface area contributed by atoms with E-state index < -0.39 is 0 Å². The molecule has 0 spiro atoms. The van der Waals surface area contributed by atoms with E-state index >= 15 is 0 Å². The molecule has 0 amide bonds. The van der Waals surface area contributed by atoms with Crippen LogP contribution in [0.5, 0.6) is 0 Å². The number of rotatable bonds is 3. The largest absolute Gasteiger partial charge is 0.359 e. The van der Waals surface area contributed by atoms with E-state index in [9.17, 15) is 4.79 Å². The Labute approximate surface area is 110 Å². The van der Waals surface area contributed by atoms with Crippen LogP contribution in [-0.4, -0.2) is 20.8 Å². The Hall–Kier alpha value is -1.47. The summed E-state index contributed by atoms with van der Waals surface area (Å²) in [7, 11) is 3.39. The first-order valence-electron chi connectivity index (χ1n) is 4.90. The van der Waals surface area contributed by atoms with E-state index in [0.29, 0.717) is 22.2 Å². The normalized spacial score (nSPS) is 9.76. The molecule has 0 saturated carbocycles. The molecule has 92 valence electrons. The lowest BCUT2D eigenvalue weighted by Crippen LogP contribution is -2.31. The van der Waals surface area contributed by atoms with Crippen molar-refractivity contribution in [2.45, 2.75) is 0 Å². The van der Waals surface area contributed by atoms with Crippen molar-refractivity contribution in [2.75, 3.05) is 11.9 Å². The molecule has 1 rings (SSSR count). The van der Waals surface area contributed by atoms with E-state index in [1.807, 2.05) is 0 Å². The maximum absolute atomic E-state index is 11.6. The Balaban J connectivity index is 3.00. The summed E-state index contributed by atoms with van der Waals surface area (Å²) >= 11 is 10.2. The van der Waals surface area contributed by atoms with Gasteiger partial charge < -0.3 is 15.2 Å². The minimum atomic E-state index is -0.179. The molecule has 17 heavy (non-hydrogen) atoms. The van der Waals surface area contributed by atoms with Crippen LogP contribution in [0.3, 0.4) is 0 Å². The Morgan fingerprint density at radius 3 is 2.76 bits per heavy atom. The van der Waals surface area contributed by atoms with Gasteiger partial charge in [0.25, 0.3) is 5.56 Å². The van der Waals surface area contributed by atoms with Crippen LogP contribution in [-0.2, 0) is 14.1 Å². The number of thiocarbonyl (C=S) groups is 1. The molecule has 1 heterocycles. The molecule has 0 aromatic carbocycles. The first kappa shape index (κ1) is 13.6. The van der Waals surface area contributed by atoms with Crippen molar-refractivity contribution < 1.29 is 0 Å². The highest BCUT2D eigenvalue weighted by Gasteiger charge is 2.04. The zero-order valence-corrected chi connectivity index (χ0v) is 11.3. The molecule has 0 saturated heterocycles. The first-order chi connectivity index (χ1) is 7.97. The van der Waals surface area contributed by atoms with Crippen LogP contribution in [0.15, 0.2) is 23.5 Å². The van der Waals surface area contributed by atoms with Gasteiger partial charge in [-0.3, -0.25) is 9.36 Å². The summed E-state index contributed by atoms with van der Waals surface area (Å²) in [5.41, 5.74) is -0.179.